The molecule has 0 spiro atoms. The molecule has 0 saturated carbocycles. The first kappa shape index (κ1) is 20.5. The first-order valence-corrected chi connectivity index (χ1v) is 9.76. The third kappa shape index (κ3) is 3.83. The Hall–Kier alpha value is -0.785. The Morgan fingerprint density at radius 1 is 1.00 bits per heavy atom. The van der Waals surface area contributed by atoms with Crippen LogP contribution in [0.25, 0.3) is 0 Å². The van der Waals surface area contributed by atoms with E-state index >= 15 is 0 Å². The Morgan fingerprint density at radius 2 is 1.40 bits per heavy atom. The fourth-order valence-electron chi connectivity index (χ4n) is 2.47. The minimum Gasteiger partial charge on any atom is -0.399 e. The van der Waals surface area contributed by atoms with Gasteiger partial charge >= 0.3 is 14.7 Å². The van der Waals surface area contributed by atoms with Gasteiger partial charge in [0.1, 0.15) is 16.9 Å². The zero-order chi connectivity index (χ0) is 19.0. The summed E-state index contributed by atoms with van der Waals surface area (Å²) in [7, 11) is -5.01. The fourth-order valence-corrected chi connectivity index (χ4v) is 4.13. The smallest absolute Gasteiger partial charge is 0.399 e. The van der Waals surface area contributed by atoms with Gasteiger partial charge in [-0.2, -0.15) is 0 Å². The molecule has 0 N–H and O–H groups in total. The molecular weight excluding hydrogens is 352 g/mol. The molecule has 25 heavy (non-hydrogen) atoms. The molecule has 1 aromatic carbocycles. The molecule has 1 heterocycles. The molecule has 2 rings (SSSR count). The molecule has 1 saturated heterocycles. The molecule has 9 heteroatoms. The van der Waals surface area contributed by atoms with Crippen molar-refractivity contribution in [1.82, 2.24) is 0 Å². The Balaban J connectivity index is 2.43. The zero-order valence-electron chi connectivity index (χ0n) is 15.4. The zero-order valence-corrected chi connectivity index (χ0v) is 16.3. The number of hydrogen-bond donors (Lipinski definition) is 0. The second kappa shape index (κ2) is 7.08. The van der Waals surface area contributed by atoms with Crippen molar-refractivity contribution in [3.63, 3.8) is 0 Å². The van der Waals surface area contributed by atoms with E-state index in [1.165, 1.54) is 0 Å². The van der Waals surface area contributed by atoms with E-state index in [0.717, 1.165) is 12.1 Å². The van der Waals surface area contributed by atoms with E-state index in [2.05, 4.69) is 0 Å². The van der Waals surface area contributed by atoms with Gasteiger partial charge in [0.25, 0.3) is 0 Å². The van der Waals surface area contributed by atoms with Crippen molar-refractivity contribution in [3.8, 4) is 0 Å². The molecule has 0 bridgehead atoms. The SMILES string of the molecule is CCOP(=O)(OCC)c1c(F)cc(B2OC(C)(C)C(C)(C)O2)cc1F. The molecule has 1 aromatic rings. The highest BCUT2D eigenvalue weighted by molar-refractivity contribution is 7.62. The maximum atomic E-state index is 14.6. The van der Waals surface area contributed by atoms with Gasteiger partial charge in [-0.1, -0.05) is 0 Å². The molecule has 0 aliphatic carbocycles. The Kier molecular flexibility index (Phi) is 5.82. The van der Waals surface area contributed by atoms with E-state index in [4.69, 9.17) is 18.4 Å². The second-order valence-electron chi connectivity index (χ2n) is 6.75. The predicted octanol–water partition coefficient (Wildman–Crippen LogP) is 3.16. The quantitative estimate of drug-likeness (QED) is 0.564. The molecule has 1 aliphatic heterocycles. The summed E-state index contributed by atoms with van der Waals surface area (Å²) in [5.74, 6) is -2.04. The third-order valence-electron chi connectivity index (χ3n) is 4.44. The number of benzene rings is 1. The van der Waals surface area contributed by atoms with Crippen molar-refractivity contribution in [2.24, 2.45) is 0 Å². The molecule has 0 radical (unpaired) electrons. The van der Waals surface area contributed by atoms with Crippen molar-refractivity contribution in [3.05, 3.63) is 23.8 Å². The van der Waals surface area contributed by atoms with Crippen molar-refractivity contribution >= 4 is 25.5 Å². The van der Waals surface area contributed by atoms with E-state index in [9.17, 15) is 13.3 Å². The molecule has 0 aromatic heterocycles. The number of rotatable bonds is 6. The van der Waals surface area contributed by atoms with Gasteiger partial charge in [0.15, 0.2) is 0 Å². The van der Waals surface area contributed by atoms with Crippen molar-refractivity contribution in [2.45, 2.75) is 52.7 Å². The maximum Gasteiger partial charge on any atom is 0.495 e. The van der Waals surface area contributed by atoms with Gasteiger partial charge in [-0.15, -0.1) is 0 Å². The summed E-state index contributed by atoms with van der Waals surface area (Å²) in [4.78, 5) is 0. The highest BCUT2D eigenvalue weighted by atomic mass is 31.2. The first-order valence-electron chi connectivity index (χ1n) is 8.21. The lowest BCUT2D eigenvalue weighted by Crippen LogP contribution is -2.41. The lowest BCUT2D eigenvalue weighted by atomic mass is 9.79. The van der Waals surface area contributed by atoms with Crippen LogP contribution in [0.1, 0.15) is 41.5 Å². The van der Waals surface area contributed by atoms with E-state index in [0.29, 0.717) is 0 Å². The van der Waals surface area contributed by atoms with Crippen molar-refractivity contribution in [2.75, 3.05) is 13.2 Å². The Bertz CT molecular complexity index is 646. The lowest BCUT2D eigenvalue weighted by molar-refractivity contribution is 0.00578. The molecule has 140 valence electrons. The van der Waals surface area contributed by atoms with Gasteiger partial charge in [-0.25, -0.2) is 8.78 Å². The minimum absolute atomic E-state index is 0.00483. The molecular formula is C16H24BF2O5P. The van der Waals surface area contributed by atoms with E-state index in [-0.39, 0.29) is 18.7 Å². The first-order chi connectivity index (χ1) is 11.5. The van der Waals surface area contributed by atoms with Crippen LogP contribution in [0.4, 0.5) is 8.78 Å². The summed E-state index contributed by atoms with van der Waals surface area (Å²) in [5, 5.41) is -0.698. The standard InChI is InChI=1S/C16H24BF2O5P/c1-7-21-25(20,22-8-2)14-12(18)9-11(10-13(14)19)17-23-15(3,4)16(5,6)24-17/h9-10H,7-8H2,1-6H3. The van der Waals surface area contributed by atoms with Gasteiger partial charge in [-0.05, 0) is 59.1 Å². The average molecular weight is 376 g/mol. The van der Waals surface area contributed by atoms with Crippen LogP contribution in [0, 0.1) is 11.6 Å². The van der Waals surface area contributed by atoms with Crippen LogP contribution in [0.15, 0.2) is 12.1 Å². The van der Waals surface area contributed by atoms with Crippen LogP contribution in [-0.2, 0) is 22.9 Å². The summed E-state index contributed by atoms with van der Waals surface area (Å²) < 4.78 is 63.6. The van der Waals surface area contributed by atoms with E-state index < -0.39 is 42.9 Å². The summed E-state index contributed by atoms with van der Waals surface area (Å²) >= 11 is 0. The Labute approximate surface area is 147 Å². The predicted molar refractivity (Wildman–Crippen MR) is 92.6 cm³/mol. The largest absolute Gasteiger partial charge is 0.495 e. The maximum absolute atomic E-state index is 14.6. The van der Waals surface area contributed by atoms with Crippen LogP contribution in [-0.4, -0.2) is 31.5 Å². The normalized spacial score (nSPS) is 19.4. The van der Waals surface area contributed by atoms with Gasteiger partial charge < -0.3 is 18.4 Å². The van der Waals surface area contributed by atoms with E-state index in [1.54, 1.807) is 13.8 Å². The van der Waals surface area contributed by atoms with Gasteiger partial charge in [0, 0.05) is 0 Å². The monoisotopic (exact) mass is 376 g/mol. The van der Waals surface area contributed by atoms with Gasteiger partial charge in [0.2, 0.25) is 0 Å². The molecule has 1 fully saturated rings. The summed E-state index contributed by atoms with van der Waals surface area (Å²) in [6.45, 7) is 10.5. The van der Waals surface area contributed by atoms with Gasteiger partial charge in [0.05, 0.1) is 24.4 Å². The van der Waals surface area contributed by atoms with Crippen molar-refractivity contribution in [1.29, 1.82) is 0 Å². The summed E-state index contributed by atoms with van der Waals surface area (Å²) in [5.41, 5.74) is -1.12. The fraction of sp³-hybridized carbons (Fsp3) is 0.625. The van der Waals surface area contributed by atoms with Crippen LogP contribution in [0.2, 0.25) is 0 Å². The lowest BCUT2D eigenvalue weighted by Gasteiger charge is -2.32. The molecule has 0 unspecified atom stereocenters. The molecule has 0 atom stereocenters. The van der Waals surface area contributed by atoms with Crippen molar-refractivity contribution < 1.29 is 31.7 Å². The van der Waals surface area contributed by atoms with Crippen LogP contribution >= 0.6 is 7.60 Å². The van der Waals surface area contributed by atoms with E-state index in [1.807, 2.05) is 27.7 Å². The summed E-state index contributed by atoms with van der Waals surface area (Å²) in [6.07, 6.45) is 0. The van der Waals surface area contributed by atoms with Gasteiger partial charge in [-0.3, -0.25) is 4.57 Å². The third-order valence-corrected chi connectivity index (χ3v) is 6.61. The highest BCUT2D eigenvalue weighted by Gasteiger charge is 2.52. The minimum atomic E-state index is -4.08. The van der Waals surface area contributed by atoms with Crippen LogP contribution < -0.4 is 10.8 Å². The Morgan fingerprint density at radius 3 is 1.76 bits per heavy atom. The van der Waals surface area contributed by atoms with Crippen LogP contribution in [0.5, 0.6) is 0 Å². The number of hydrogen-bond acceptors (Lipinski definition) is 5. The molecule has 1 aliphatic rings. The second-order valence-corrected chi connectivity index (χ2v) is 8.71. The topological polar surface area (TPSA) is 54.0 Å². The van der Waals surface area contributed by atoms with Crippen LogP contribution in [0.3, 0.4) is 0 Å². The molecule has 0 amide bonds. The summed E-state index contributed by atoms with van der Waals surface area (Å²) in [6, 6.07) is 2.09. The molecule has 5 nitrogen and oxygen atoms in total. The number of halogens is 2. The average Bonchev–Trinajstić information content (AvgIpc) is 2.67. The highest BCUT2D eigenvalue weighted by Crippen LogP contribution is 2.48.